The number of nitrogens with zero attached hydrogens (tertiary/aromatic N) is 1. The Labute approximate surface area is 112 Å². The third-order valence-electron chi connectivity index (χ3n) is 1.67. The third kappa shape index (κ3) is 3.17. The Morgan fingerprint density at radius 1 is 1.47 bits per heavy atom. The first-order valence-corrected chi connectivity index (χ1v) is 4.15. The molecule has 1 aromatic carbocycles. The maximum Gasteiger partial charge on any atom is 1.00 e. The predicted octanol–water partition coefficient (Wildman–Crippen LogP) is -2.30. The van der Waals surface area contributed by atoms with Gasteiger partial charge in [0.25, 0.3) is 5.69 Å². The summed E-state index contributed by atoms with van der Waals surface area (Å²) in [6.07, 6.45) is 0. The first-order chi connectivity index (χ1) is 6.57. The molecule has 0 atom stereocenters. The van der Waals surface area contributed by atoms with E-state index in [1.165, 1.54) is 12.1 Å². The predicted molar refractivity (Wildman–Crippen MR) is 47.0 cm³/mol. The van der Waals surface area contributed by atoms with Crippen LogP contribution in [0.4, 0.5) is 5.69 Å². The van der Waals surface area contributed by atoms with Crippen LogP contribution in [0.2, 0.25) is 0 Å². The zero-order valence-electron chi connectivity index (χ0n) is 7.90. The normalized spacial score (nSPS) is 9.13. The summed E-state index contributed by atoms with van der Waals surface area (Å²) in [6.45, 7) is 0. The van der Waals surface area contributed by atoms with Crippen LogP contribution in [-0.4, -0.2) is 10.9 Å². The fourth-order valence-corrected chi connectivity index (χ4v) is 1.30. The van der Waals surface area contributed by atoms with Crippen molar-refractivity contribution in [2.75, 3.05) is 0 Å². The van der Waals surface area contributed by atoms with Crippen molar-refractivity contribution < 1.29 is 44.4 Å². The number of carboxylic acid groups (broad SMARTS) is 1. The molecule has 0 aliphatic carbocycles. The molecule has 0 saturated carbocycles. The van der Waals surface area contributed by atoms with Gasteiger partial charge in [-0.2, -0.15) is 0 Å². The molecule has 0 unspecified atom stereocenters. The van der Waals surface area contributed by atoms with E-state index in [1.807, 2.05) is 0 Å². The number of nitro groups is 1. The van der Waals surface area contributed by atoms with Crippen LogP contribution in [-0.2, 0) is 5.88 Å². The van der Waals surface area contributed by atoms with Crippen LogP contribution in [0.25, 0.3) is 0 Å². The molecule has 1 aromatic rings. The number of alkyl halides is 1. The average Bonchev–Trinajstić information content (AvgIpc) is 2.16. The minimum absolute atomic E-state index is 0. The van der Waals surface area contributed by atoms with Crippen LogP contribution >= 0.6 is 11.6 Å². The quantitative estimate of drug-likeness (QED) is 0.256. The molecule has 0 aromatic heterocycles. The van der Waals surface area contributed by atoms with E-state index >= 15 is 0 Å². The summed E-state index contributed by atoms with van der Waals surface area (Å²) in [5.74, 6) is -1.69. The number of hydrogen-bond acceptors (Lipinski definition) is 4. The standard InChI is InChI=1S/C8H6ClNO4.Na/c9-4-5-2-1-3-6(8(11)12)7(5)10(13)14;/h1-3H,4H2,(H,11,12);/q;+1/p-1. The van der Waals surface area contributed by atoms with Gasteiger partial charge >= 0.3 is 29.6 Å². The summed E-state index contributed by atoms with van der Waals surface area (Å²) in [6, 6.07) is 3.90. The van der Waals surface area contributed by atoms with E-state index in [-0.39, 0.29) is 41.0 Å². The average molecular weight is 238 g/mol. The number of carbonyl (C=O) groups excluding carboxylic acids is 1. The third-order valence-corrected chi connectivity index (χ3v) is 1.95. The van der Waals surface area contributed by atoms with Crippen molar-refractivity contribution in [1.82, 2.24) is 0 Å². The van der Waals surface area contributed by atoms with Crippen molar-refractivity contribution in [3.63, 3.8) is 0 Å². The molecule has 74 valence electrons. The number of aromatic carboxylic acids is 1. The van der Waals surface area contributed by atoms with Crippen molar-refractivity contribution in [2.24, 2.45) is 0 Å². The van der Waals surface area contributed by atoms with Gasteiger partial charge in [-0.15, -0.1) is 11.6 Å². The summed E-state index contributed by atoms with van der Waals surface area (Å²) in [7, 11) is 0. The molecule has 0 amide bonds. The number of halogens is 1. The Morgan fingerprint density at radius 3 is 2.47 bits per heavy atom. The van der Waals surface area contributed by atoms with E-state index in [2.05, 4.69) is 0 Å². The molecular weight excluding hydrogens is 233 g/mol. The van der Waals surface area contributed by atoms with Gasteiger partial charge in [0, 0.05) is 5.56 Å². The number of rotatable bonds is 3. The second-order valence-electron chi connectivity index (χ2n) is 2.49. The number of hydrogen-bond donors (Lipinski definition) is 0. The van der Waals surface area contributed by atoms with E-state index in [9.17, 15) is 20.0 Å². The van der Waals surface area contributed by atoms with E-state index < -0.39 is 22.1 Å². The maximum atomic E-state index is 10.6. The molecule has 5 nitrogen and oxygen atoms in total. The summed E-state index contributed by atoms with van der Waals surface area (Å²) >= 11 is 5.44. The van der Waals surface area contributed by atoms with Crippen molar-refractivity contribution in [1.29, 1.82) is 0 Å². The number of nitro benzene ring substituents is 1. The smallest absolute Gasteiger partial charge is 0.545 e. The second kappa shape index (κ2) is 6.07. The van der Waals surface area contributed by atoms with Crippen LogP contribution in [0.15, 0.2) is 18.2 Å². The van der Waals surface area contributed by atoms with Gasteiger partial charge in [-0.25, -0.2) is 0 Å². The number of carboxylic acids is 1. The first-order valence-electron chi connectivity index (χ1n) is 3.61. The van der Waals surface area contributed by atoms with Gasteiger partial charge in [0.15, 0.2) is 0 Å². The van der Waals surface area contributed by atoms with Crippen LogP contribution in [0.5, 0.6) is 0 Å². The van der Waals surface area contributed by atoms with Crippen molar-refractivity contribution in [2.45, 2.75) is 5.88 Å². The fraction of sp³-hybridized carbons (Fsp3) is 0.125. The zero-order valence-corrected chi connectivity index (χ0v) is 10.7. The zero-order chi connectivity index (χ0) is 10.7. The topological polar surface area (TPSA) is 83.3 Å². The minimum atomic E-state index is -1.58. The van der Waals surface area contributed by atoms with Gasteiger partial charge in [0.05, 0.1) is 22.3 Å². The summed E-state index contributed by atoms with van der Waals surface area (Å²) in [4.78, 5) is 20.3. The van der Waals surface area contributed by atoms with Gasteiger partial charge in [-0.05, 0) is 6.07 Å². The molecule has 1 rings (SSSR count). The fourth-order valence-electron chi connectivity index (χ4n) is 1.08. The van der Waals surface area contributed by atoms with Gasteiger partial charge in [-0.1, -0.05) is 12.1 Å². The molecular formula is C8H5ClNNaO4. The van der Waals surface area contributed by atoms with Gasteiger partial charge in [0.2, 0.25) is 0 Å². The Balaban J connectivity index is 0.00000196. The second-order valence-corrected chi connectivity index (χ2v) is 2.76. The summed E-state index contributed by atoms with van der Waals surface area (Å²) in [5, 5.41) is 21.1. The molecule has 0 aliphatic heterocycles. The Bertz CT molecular complexity index is 396. The number of carbonyl (C=O) groups is 1. The van der Waals surface area contributed by atoms with Crippen LogP contribution < -0.4 is 34.7 Å². The van der Waals surface area contributed by atoms with E-state index in [0.717, 1.165) is 6.07 Å². The van der Waals surface area contributed by atoms with E-state index in [0.29, 0.717) is 0 Å². The maximum absolute atomic E-state index is 10.6. The SMILES string of the molecule is O=C([O-])c1cccc(CCl)c1[N+](=O)[O-].[Na+]. The molecule has 0 saturated heterocycles. The first kappa shape index (κ1) is 14.4. The largest absolute Gasteiger partial charge is 1.00 e. The minimum Gasteiger partial charge on any atom is -0.545 e. The van der Waals surface area contributed by atoms with Gasteiger partial charge < -0.3 is 9.90 Å². The Hall–Kier alpha value is -0.620. The molecule has 7 heteroatoms. The molecule has 0 spiro atoms. The van der Waals surface area contributed by atoms with Crippen molar-refractivity contribution >= 4 is 23.3 Å². The van der Waals surface area contributed by atoms with Gasteiger partial charge in [-0.3, -0.25) is 10.1 Å². The van der Waals surface area contributed by atoms with E-state index in [4.69, 9.17) is 11.6 Å². The number of benzene rings is 1. The van der Waals surface area contributed by atoms with Crippen molar-refractivity contribution in [3.05, 3.63) is 39.4 Å². The monoisotopic (exact) mass is 237 g/mol. The molecule has 0 aliphatic rings. The molecule has 0 heterocycles. The van der Waals surface area contributed by atoms with Gasteiger partial charge in [0.1, 0.15) is 0 Å². The molecule has 0 bridgehead atoms. The molecule has 0 radical (unpaired) electrons. The number of para-hydroxylation sites is 1. The van der Waals surface area contributed by atoms with Crippen LogP contribution in [0.1, 0.15) is 15.9 Å². The van der Waals surface area contributed by atoms with Crippen LogP contribution in [0, 0.1) is 10.1 Å². The molecule has 0 fully saturated rings. The molecule has 0 N–H and O–H groups in total. The van der Waals surface area contributed by atoms with Crippen molar-refractivity contribution in [3.8, 4) is 0 Å². The molecule has 15 heavy (non-hydrogen) atoms. The Kier molecular flexibility index (Phi) is 5.82. The summed E-state index contributed by atoms with van der Waals surface area (Å²) in [5.41, 5.74) is -0.783. The van der Waals surface area contributed by atoms with E-state index in [1.54, 1.807) is 0 Å². The van der Waals surface area contributed by atoms with Crippen LogP contribution in [0.3, 0.4) is 0 Å². The summed E-state index contributed by atoms with van der Waals surface area (Å²) < 4.78 is 0. The Morgan fingerprint density at radius 2 is 2.07 bits per heavy atom.